The van der Waals surface area contributed by atoms with Crippen LogP contribution in [0.25, 0.3) is 0 Å². The van der Waals surface area contributed by atoms with Gasteiger partial charge < -0.3 is 9.80 Å². The van der Waals surface area contributed by atoms with E-state index in [4.69, 9.17) is 0 Å². The Morgan fingerprint density at radius 2 is 1.64 bits per heavy atom. The van der Waals surface area contributed by atoms with Crippen LogP contribution < -0.4 is 0 Å². The smallest absolute Gasteiger partial charge is 0.195 e. The summed E-state index contributed by atoms with van der Waals surface area (Å²) < 4.78 is 11.7. The predicted molar refractivity (Wildman–Crippen MR) is 45.7 cm³/mol. The van der Waals surface area contributed by atoms with Gasteiger partial charge in [-0.15, -0.1) is 0 Å². The van der Waals surface area contributed by atoms with Crippen molar-refractivity contribution in [2.45, 2.75) is 0 Å². The third-order valence-corrected chi connectivity index (χ3v) is 1.14. The van der Waals surface area contributed by atoms with Crippen molar-refractivity contribution in [3.05, 3.63) is 0 Å². The quantitative estimate of drug-likeness (QED) is 0.432. The number of hydrogen-bond donors (Lipinski definition) is 0. The molecule has 4 heteroatoms. The van der Waals surface area contributed by atoms with Gasteiger partial charge in [0.05, 0.1) is 6.54 Å². The molecule has 0 saturated heterocycles. The molecule has 0 aromatic carbocycles. The largest absolute Gasteiger partial charge is 0.349 e. The van der Waals surface area contributed by atoms with E-state index in [9.17, 15) is 4.39 Å². The third-order valence-electron chi connectivity index (χ3n) is 1.14. The Balaban J connectivity index is 4.09. The summed E-state index contributed by atoms with van der Waals surface area (Å²) in [6.45, 7) is -0.156. The van der Waals surface area contributed by atoms with Crippen LogP contribution in [0.3, 0.4) is 0 Å². The number of aliphatic imine (C=N–C) groups is 1. The SMILES string of the molecule is CN(C)C(=NCCF)N(C)C. The summed E-state index contributed by atoms with van der Waals surface area (Å²) in [4.78, 5) is 7.75. The summed E-state index contributed by atoms with van der Waals surface area (Å²) in [6, 6.07) is 0. The first kappa shape index (κ1) is 10.2. The first-order valence-electron chi connectivity index (χ1n) is 3.54. The van der Waals surface area contributed by atoms with Crippen LogP contribution in [-0.4, -0.2) is 57.2 Å². The molecule has 0 aliphatic carbocycles. The Morgan fingerprint density at radius 3 is 1.91 bits per heavy atom. The minimum absolute atomic E-state index is 0.242. The van der Waals surface area contributed by atoms with E-state index in [1.165, 1.54) is 0 Å². The van der Waals surface area contributed by atoms with Gasteiger partial charge in [0.2, 0.25) is 0 Å². The molecule has 0 unspecified atom stereocenters. The fourth-order valence-electron chi connectivity index (χ4n) is 0.825. The number of rotatable bonds is 2. The number of alkyl halides is 1. The highest BCUT2D eigenvalue weighted by molar-refractivity contribution is 5.79. The Bertz CT molecular complexity index is 122. The molecule has 0 radical (unpaired) electrons. The van der Waals surface area contributed by atoms with E-state index in [0.717, 1.165) is 5.96 Å². The molecule has 0 heterocycles. The molecule has 0 aliphatic rings. The van der Waals surface area contributed by atoms with Crippen molar-refractivity contribution >= 4 is 5.96 Å². The molecular formula is C7H16FN3. The average Bonchev–Trinajstić information content (AvgIpc) is 1.87. The standard InChI is InChI=1S/C7H16FN3/c1-10(2)7(11(3)4)9-6-5-8/h5-6H2,1-4H3. The van der Waals surface area contributed by atoms with E-state index in [0.29, 0.717) is 0 Å². The highest BCUT2D eigenvalue weighted by atomic mass is 19.1. The molecule has 0 amide bonds. The maximum absolute atomic E-state index is 11.7. The molecule has 0 bridgehead atoms. The molecule has 0 aromatic rings. The Kier molecular flexibility index (Phi) is 4.57. The summed E-state index contributed by atoms with van der Waals surface area (Å²) in [5.41, 5.74) is 0. The minimum atomic E-state index is -0.398. The van der Waals surface area contributed by atoms with Crippen molar-refractivity contribution in [3.8, 4) is 0 Å². The molecule has 3 nitrogen and oxygen atoms in total. The van der Waals surface area contributed by atoms with Gasteiger partial charge in [0.15, 0.2) is 5.96 Å². The number of halogens is 1. The predicted octanol–water partition coefficient (Wildman–Crippen LogP) is 0.435. The lowest BCUT2D eigenvalue weighted by Crippen LogP contribution is -2.35. The van der Waals surface area contributed by atoms with Crippen LogP contribution in [-0.2, 0) is 0 Å². The van der Waals surface area contributed by atoms with Crippen molar-refractivity contribution < 1.29 is 4.39 Å². The second kappa shape index (κ2) is 4.93. The van der Waals surface area contributed by atoms with E-state index in [2.05, 4.69) is 4.99 Å². The monoisotopic (exact) mass is 161 g/mol. The highest BCUT2D eigenvalue weighted by Crippen LogP contribution is 1.88. The zero-order valence-electron chi connectivity index (χ0n) is 7.63. The molecule has 0 aliphatic heterocycles. The molecule has 0 saturated carbocycles. The fourth-order valence-corrected chi connectivity index (χ4v) is 0.825. The Labute approximate surface area is 67.5 Å². The van der Waals surface area contributed by atoms with Crippen molar-refractivity contribution in [1.82, 2.24) is 9.80 Å². The van der Waals surface area contributed by atoms with E-state index >= 15 is 0 Å². The van der Waals surface area contributed by atoms with Gasteiger partial charge in [0.25, 0.3) is 0 Å². The summed E-state index contributed by atoms with van der Waals surface area (Å²) in [6.07, 6.45) is 0. The van der Waals surface area contributed by atoms with E-state index in [1.807, 2.05) is 38.0 Å². The lowest BCUT2D eigenvalue weighted by atomic mass is 10.6. The second-order valence-corrected chi connectivity index (χ2v) is 2.66. The van der Waals surface area contributed by atoms with Crippen LogP contribution in [0.15, 0.2) is 4.99 Å². The number of guanidine groups is 1. The Hall–Kier alpha value is -0.800. The summed E-state index contributed by atoms with van der Waals surface area (Å²) in [5.74, 6) is 0.794. The summed E-state index contributed by atoms with van der Waals surface area (Å²) in [5, 5.41) is 0. The van der Waals surface area contributed by atoms with Crippen LogP contribution in [0.4, 0.5) is 4.39 Å². The molecule has 0 fully saturated rings. The van der Waals surface area contributed by atoms with Crippen LogP contribution in [0.5, 0.6) is 0 Å². The van der Waals surface area contributed by atoms with Gasteiger partial charge in [0.1, 0.15) is 6.67 Å². The van der Waals surface area contributed by atoms with Crippen molar-refractivity contribution in [2.24, 2.45) is 4.99 Å². The minimum Gasteiger partial charge on any atom is -0.349 e. The van der Waals surface area contributed by atoms with Gasteiger partial charge in [-0.25, -0.2) is 4.39 Å². The molecule has 11 heavy (non-hydrogen) atoms. The van der Waals surface area contributed by atoms with E-state index in [1.54, 1.807) is 0 Å². The van der Waals surface area contributed by atoms with E-state index < -0.39 is 6.67 Å². The number of nitrogens with zero attached hydrogens (tertiary/aromatic N) is 3. The second-order valence-electron chi connectivity index (χ2n) is 2.66. The van der Waals surface area contributed by atoms with Crippen molar-refractivity contribution in [3.63, 3.8) is 0 Å². The molecule has 66 valence electrons. The molecular weight excluding hydrogens is 145 g/mol. The molecule has 0 atom stereocenters. The fraction of sp³-hybridized carbons (Fsp3) is 0.857. The molecule has 0 aromatic heterocycles. The average molecular weight is 161 g/mol. The Morgan fingerprint density at radius 1 is 1.18 bits per heavy atom. The van der Waals surface area contributed by atoms with Gasteiger partial charge in [-0.1, -0.05) is 0 Å². The van der Waals surface area contributed by atoms with Crippen LogP contribution in [0, 0.1) is 0 Å². The lowest BCUT2D eigenvalue weighted by molar-refractivity contribution is 0.464. The molecule has 0 N–H and O–H groups in total. The summed E-state index contributed by atoms with van der Waals surface area (Å²) >= 11 is 0. The normalized spacial score (nSPS) is 9.18. The lowest BCUT2D eigenvalue weighted by Gasteiger charge is -2.22. The first-order valence-corrected chi connectivity index (χ1v) is 3.54. The van der Waals surface area contributed by atoms with Gasteiger partial charge >= 0.3 is 0 Å². The first-order chi connectivity index (χ1) is 5.09. The molecule has 0 rings (SSSR count). The maximum Gasteiger partial charge on any atom is 0.195 e. The van der Waals surface area contributed by atoms with Gasteiger partial charge in [-0.2, -0.15) is 0 Å². The highest BCUT2D eigenvalue weighted by Gasteiger charge is 2.02. The van der Waals surface area contributed by atoms with Gasteiger partial charge in [-0.3, -0.25) is 4.99 Å². The van der Waals surface area contributed by atoms with Crippen molar-refractivity contribution in [2.75, 3.05) is 41.4 Å². The van der Waals surface area contributed by atoms with Crippen LogP contribution in [0.2, 0.25) is 0 Å². The van der Waals surface area contributed by atoms with Crippen molar-refractivity contribution in [1.29, 1.82) is 0 Å². The maximum atomic E-state index is 11.7. The number of hydrogen-bond acceptors (Lipinski definition) is 1. The van der Waals surface area contributed by atoms with Crippen LogP contribution in [0.1, 0.15) is 0 Å². The molecule has 0 spiro atoms. The van der Waals surface area contributed by atoms with Crippen LogP contribution >= 0.6 is 0 Å². The summed E-state index contributed by atoms with van der Waals surface area (Å²) in [7, 11) is 7.54. The topological polar surface area (TPSA) is 18.8 Å². The zero-order valence-corrected chi connectivity index (χ0v) is 7.63. The zero-order chi connectivity index (χ0) is 8.85. The van der Waals surface area contributed by atoms with E-state index in [-0.39, 0.29) is 6.54 Å². The van der Waals surface area contributed by atoms with Gasteiger partial charge in [0, 0.05) is 28.2 Å². The third kappa shape index (κ3) is 3.80. The van der Waals surface area contributed by atoms with Gasteiger partial charge in [-0.05, 0) is 0 Å².